The summed E-state index contributed by atoms with van der Waals surface area (Å²) in [5, 5.41) is 2.47. The van der Waals surface area contributed by atoms with Gasteiger partial charge in [-0.15, -0.1) is 0 Å². The molecule has 0 aliphatic carbocycles. The van der Waals surface area contributed by atoms with Gasteiger partial charge in [-0.1, -0.05) is 146 Å². The predicted octanol–water partition coefficient (Wildman–Crippen LogP) is 11.3. The van der Waals surface area contributed by atoms with E-state index in [4.69, 9.17) is 15.0 Å². The van der Waals surface area contributed by atoms with Gasteiger partial charge in [0.2, 0.25) is 0 Å². The summed E-state index contributed by atoms with van der Waals surface area (Å²) in [6.07, 6.45) is 0. The summed E-state index contributed by atoms with van der Waals surface area (Å²) < 4.78 is 2.38. The maximum Gasteiger partial charge on any atom is 0.164 e. The second kappa shape index (κ2) is 12.2. The molecule has 0 saturated heterocycles. The number of fused-ring (bicyclic) bond motifs is 3. The lowest BCUT2D eigenvalue weighted by atomic mass is 9.94. The van der Waals surface area contributed by atoms with E-state index in [1.54, 1.807) is 0 Å². The predicted molar refractivity (Wildman–Crippen MR) is 201 cm³/mol. The zero-order valence-corrected chi connectivity index (χ0v) is 26.6. The van der Waals surface area contributed by atoms with Gasteiger partial charge in [0.15, 0.2) is 17.5 Å². The van der Waals surface area contributed by atoms with Crippen molar-refractivity contribution in [1.82, 2.24) is 19.5 Å². The number of hydrogen-bond acceptors (Lipinski definition) is 3. The summed E-state index contributed by atoms with van der Waals surface area (Å²) in [6, 6.07) is 63.4. The van der Waals surface area contributed by atoms with Crippen LogP contribution in [0.25, 0.3) is 83.9 Å². The molecule has 4 nitrogen and oxygen atoms in total. The molecule has 0 spiro atoms. The maximum absolute atomic E-state index is 5.01. The molecule has 49 heavy (non-hydrogen) atoms. The highest BCUT2D eigenvalue weighted by Crippen LogP contribution is 2.42. The molecule has 0 fully saturated rings. The molecule has 0 aliphatic heterocycles. The minimum absolute atomic E-state index is 0.636. The van der Waals surface area contributed by atoms with Crippen LogP contribution in [-0.2, 0) is 0 Å². The molecule has 0 bridgehead atoms. The van der Waals surface area contributed by atoms with Gasteiger partial charge in [0.1, 0.15) is 0 Å². The third-order valence-electron chi connectivity index (χ3n) is 9.03. The van der Waals surface area contributed by atoms with Crippen LogP contribution in [0.4, 0.5) is 0 Å². The lowest BCUT2D eigenvalue weighted by molar-refractivity contribution is 1.07. The summed E-state index contributed by atoms with van der Waals surface area (Å²) >= 11 is 0. The van der Waals surface area contributed by atoms with Crippen molar-refractivity contribution in [3.05, 3.63) is 182 Å². The van der Waals surface area contributed by atoms with E-state index in [2.05, 4.69) is 126 Å². The Morgan fingerprint density at radius 1 is 0.327 bits per heavy atom. The molecule has 0 atom stereocenters. The Labute approximate surface area is 284 Å². The standard InChI is InChI=1S/C45H30N4/c1-5-16-31(17-6-1)39-29-36(30-41-42(39)38-26-13-14-27-40(38)49(41)37-24-11-4-12-25-37)34-22-15-23-35(28-34)45-47-43(32-18-7-2-8-19-32)46-44(48-45)33-20-9-3-10-21-33/h1-30H. The maximum atomic E-state index is 5.01. The zero-order valence-electron chi connectivity index (χ0n) is 26.6. The van der Waals surface area contributed by atoms with Crippen molar-refractivity contribution >= 4 is 21.8 Å². The quantitative estimate of drug-likeness (QED) is 0.184. The van der Waals surface area contributed by atoms with Gasteiger partial charge < -0.3 is 4.57 Å². The number of aromatic nitrogens is 4. The highest BCUT2D eigenvalue weighted by atomic mass is 15.0. The van der Waals surface area contributed by atoms with Crippen LogP contribution in [0.5, 0.6) is 0 Å². The lowest BCUT2D eigenvalue weighted by Gasteiger charge is -2.13. The van der Waals surface area contributed by atoms with Crippen LogP contribution in [0.2, 0.25) is 0 Å². The van der Waals surface area contributed by atoms with E-state index in [0.29, 0.717) is 17.5 Å². The Morgan fingerprint density at radius 3 is 1.45 bits per heavy atom. The average Bonchev–Trinajstić information content (AvgIpc) is 3.53. The molecule has 9 rings (SSSR count). The van der Waals surface area contributed by atoms with Crippen molar-refractivity contribution in [2.24, 2.45) is 0 Å². The summed E-state index contributed by atoms with van der Waals surface area (Å²) in [5.41, 5.74) is 10.9. The first-order valence-electron chi connectivity index (χ1n) is 16.5. The first-order chi connectivity index (χ1) is 24.3. The van der Waals surface area contributed by atoms with E-state index in [-0.39, 0.29) is 0 Å². The van der Waals surface area contributed by atoms with Crippen molar-refractivity contribution in [2.45, 2.75) is 0 Å². The van der Waals surface area contributed by atoms with Gasteiger partial charge in [-0.2, -0.15) is 0 Å². The second-order valence-electron chi connectivity index (χ2n) is 12.1. The molecule has 0 radical (unpaired) electrons. The SMILES string of the molecule is c1ccc(-c2nc(-c3ccccc3)nc(-c3cccc(-c4cc(-c5ccccc5)c5c6ccccc6n(-c6ccccc6)c5c4)c3)n2)cc1. The number of benzene rings is 7. The molecule has 4 heteroatoms. The first-order valence-corrected chi connectivity index (χ1v) is 16.5. The molecular weight excluding hydrogens is 597 g/mol. The van der Waals surface area contributed by atoms with E-state index >= 15 is 0 Å². The fourth-order valence-corrected chi connectivity index (χ4v) is 6.74. The van der Waals surface area contributed by atoms with E-state index in [1.807, 2.05) is 60.7 Å². The number of hydrogen-bond donors (Lipinski definition) is 0. The third-order valence-corrected chi connectivity index (χ3v) is 9.03. The van der Waals surface area contributed by atoms with Crippen LogP contribution < -0.4 is 0 Å². The highest BCUT2D eigenvalue weighted by Gasteiger charge is 2.19. The molecule has 2 heterocycles. The van der Waals surface area contributed by atoms with E-state index in [0.717, 1.165) is 39.0 Å². The van der Waals surface area contributed by atoms with Gasteiger partial charge in [0.25, 0.3) is 0 Å². The van der Waals surface area contributed by atoms with Gasteiger partial charge >= 0.3 is 0 Å². The molecule has 0 unspecified atom stereocenters. The molecule has 0 saturated carbocycles. The van der Waals surface area contributed by atoms with E-state index in [1.165, 1.54) is 27.4 Å². The van der Waals surface area contributed by atoms with Crippen molar-refractivity contribution in [3.63, 3.8) is 0 Å². The number of rotatable bonds is 6. The van der Waals surface area contributed by atoms with Crippen LogP contribution >= 0.6 is 0 Å². The Balaban J connectivity index is 1.27. The molecule has 2 aromatic heterocycles. The Morgan fingerprint density at radius 2 is 0.816 bits per heavy atom. The van der Waals surface area contributed by atoms with Gasteiger partial charge in [-0.25, -0.2) is 15.0 Å². The molecule has 230 valence electrons. The summed E-state index contributed by atoms with van der Waals surface area (Å²) in [6.45, 7) is 0. The smallest absolute Gasteiger partial charge is 0.164 e. The Hall–Kier alpha value is -6.65. The summed E-state index contributed by atoms with van der Waals surface area (Å²) in [5.74, 6) is 1.93. The minimum Gasteiger partial charge on any atom is -0.309 e. The topological polar surface area (TPSA) is 43.6 Å². The van der Waals surface area contributed by atoms with Crippen molar-refractivity contribution in [1.29, 1.82) is 0 Å². The number of nitrogens with zero attached hydrogens (tertiary/aromatic N) is 4. The van der Waals surface area contributed by atoms with Crippen LogP contribution in [-0.4, -0.2) is 19.5 Å². The fraction of sp³-hybridized carbons (Fsp3) is 0. The van der Waals surface area contributed by atoms with Gasteiger partial charge in [0, 0.05) is 33.2 Å². The van der Waals surface area contributed by atoms with Crippen molar-refractivity contribution in [2.75, 3.05) is 0 Å². The third kappa shape index (κ3) is 5.26. The lowest BCUT2D eigenvalue weighted by Crippen LogP contribution is -2.00. The molecule has 0 N–H and O–H groups in total. The molecular formula is C45H30N4. The normalized spacial score (nSPS) is 11.3. The van der Waals surface area contributed by atoms with E-state index in [9.17, 15) is 0 Å². The Bertz CT molecular complexity index is 2520. The van der Waals surface area contributed by atoms with Crippen LogP contribution in [0.3, 0.4) is 0 Å². The van der Waals surface area contributed by atoms with Gasteiger partial charge in [-0.3, -0.25) is 0 Å². The number of para-hydroxylation sites is 2. The first kappa shape index (κ1) is 28.6. The van der Waals surface area contributed by atoms with Gasteiger partial charge in [-0.05, 0) is 58.7 Å². The van der Waals surface area contributed by atoms with Crippen LogP contribution in [0.15, 0.2) is 182 Å². The highest BCUT2D eigenvalue weighted by molar-refractivity contribution is 6.17. The van der Waals surface area contributed by atoms with Crippen LogP contribution in [0.1, 0.15) is 0 Å². The van der Waals surface area contributed by atoms with Gasteiger partial charge in [0.05, 0.1) is 11.0 Å². The summed E-state index contributed by atoms with van der Waals surface area (Å²) in [7, 11) is 0. The molecule has 9 aromatic rings. The second-order valence-corrected chi connectivity index (χ2v) is 12.1. The average molecular weight is 627 g/mol. The summed E-state index contributed by atoms with van der Waals surface area (Å²) in [4.78, 5) is 14.9. The molecule has 0 aliphatic rings. The van der Waals surface area contributed by atoms with E-state index < -0.39 is 0 Å². The minimum atomic E-state index is 0.636. The van der Waals surface area contributed by atoms with Crippen LogP contribution in [0, 0.1) is 0 Å². The fourth-order valence-electron chi connectivity index (χ4n) is 6.74. The largest absolute Gasteiger partial charge is 0.309 e. The molecule has 0 amide bonds. The van der Waals surface area contributed by atoms with Crippen molar-refractivity contribution < 1.29 is 0 Å². The molecule has 7 aromatic carbocycles. The zero-order chi connectivity index (χ0) is 32.6. The monoisotopic (exact) mass is 626 g/mol. The Kier molecular flexibility index (Phi) is 7.10. The van der Waals surface area contributed by atoms with Crippen molar-refractivity contribution in [3.8, 4) is 62.1 Å².